The van der Waals surface area contributed by atoms with E-state index < -0.39 is 35.9 Å². The monoisotopic (exact) mass is 414 g/mol. The van der Waals surface area contributed by atoms with Crippen molar-refractivity contribution in [1.82, 2.24) is 4.98 Å². The highest BCUT2D eigenvalue weighted by Crippen LogP contribution is 2.33. The van der Waals surface area contributed by atoms with Crippen LogP contribution in [0, 0.1) is 17.0 Å². The van der Waals surface area contributed by atoms with E-state index in [0.717, 1.165) is 6.21 Å². The third kappa shape index (κ3) is 4.70. The number of aliphatic hydroxyl groups excluding tert-OH is 5. The van der Waals surface area contributed by atoms with Gasteiger partial charge in [-0.1, -0.05) is 17.7 Å². The maximum Gasteiger partial charge on any atom is 0.316 e. The number of hydrogen-bond donors (Lipinski definition) is 6. The fourth-order valence-corrected chi connectivity index (χ4v) is 2.66. The highest BCUT2D eigenvalue weighted by molar-refractivity contribution is 6.31. The molecule has 0 aliphatic rings. The summed E-state index contributed by atoms with van der Waals surface area (Å²) in [7, 11) is 0. The van der Waals surface area contributed by atoms with Gasteiger partial charge in [-0.2, -0.15) is 5.10 Å². The van der Waals surface area contributed by atoms with Crippen LogP contribution in [-0.2, 0) is 0 Å². The van der Waals surface area contributed by atoms with E-state index in [9.17, 15) is 30.5 Å². The number of nitro groups is 1. The van der Waals surface area contributed by atoms with E-state index in [1.165, 1.54) is 13.0 Å². The summed E-state index contributed by atoms with van der Waals surface area (Å²) < 4.78 is 0. The van der Waals surface area contributed by atoms with Gasteiger partial charge in [-0.05, 0) is 19.1 Å². The summed E-state index contributed by atoms with van der Waals surface area (Å²) in [5.74, 6) is -0.217. The molecule has 2 aromatic rings. The van der Waals surface area contributed by atoms with Crippen molar-refractivity contribution in [2.75, 3.05) is 12.0 Å². The van der Waals surface area contributed by atoms with E-state index in [0.29, 0.717) is 21.5 Å². The summed E-state index contributed by atoms with van der Waals surface area (Å²) in [5, 5.41) is 63.0. The first-order chi connectivity index (χ1) is 13.2. The van der Waals surface area contributed by atoms with Crippen LogP contribution in [0.15, 0.2) is 23.3 Å². The molecular formula is C16H19ClN4O7. The topological polar surface area (TPSA) is 182 Å². The second-order valence-electron chi connectivity index (χ2n) is 5.96. The second kappa shape index (κ2) is 9.19. The summed E-state index contributed by atoms with van der Waals surface area (Å²) in [4.78, 5) is 14.9. The average molecular weight is 415 g/mol. The van der Waals surface area contributed by atoms with Gasteiger partial charge in [-0.3, -0.25) is 15.5 Å². The fraction of sp³-hybridized carbons (Fsp3) is 0.375. The van der Waals surface area contributed by atoms with Gasteiger partial charge in [-0.25, -0.2) is 4.98 Å². The minimum atomic E-state index is -1.85. The molecule has 28 heavy (non-hydrogen) atoms. The van der Waals surface area contributed by atoms with Crippen LogP contribution in [0.2, 0.25) is 5.02 Å². The summed E-state index contributed by atoms with van der Waals surface area (Å²) in [5.41, 5.74) is 2.70. The lowest BCUT2D eigenvalue weighted by molar-refractivity contribution is -0.384. The Bertz CT molecular complexity index is 895. The van der Waals surface area contributed by atoms with Crippen LogP contribution >= 0.6 is 11.6 Å². The smallest absolute Gasteiger partial charge is 0.316 e. The molecule has 1 aromatic heterocycles. The molecule has 0 saturated heterocycles. The fourth-order valence-electron chi connectivity index (χ4n) is 2.49. The summed E-state index contributed by atoms with van der Waals surface area (Å²) >= 11 is 5.93. The minimum absolute atomic E-state index is 0.217. The summed E-state index contributed by atoms with van der Waals surface area (Å²) in [6.07, 6.45) is -6.32. The molecule has 0 saturated carbocycles. The number of pyridine rings is 1. The standard InChI is InChI=1S/C16H19ClN4O7/c1-7-9-3-2-8(17)4-10(9)19-16(13(7)21(27)28)20-18-5-11(23)14(25)15(26)12(24)6-22/h2-5,11-12,14-15,22-26H,6H2,1H3,(H,19,20)/b18-5+/t11-,12+,14+,15-/m0/s1. The lowest BCUT2D eigenvalue weighted by Gasteiger charge is -2.23. The minimum Gasteiger partial charge on any atom is -0.394 e. The molecule has 2 rings (SSSR count). The van der Waals surface area contributed by atoms with Gasteiger partial charge in [-0.15, -0.1) is 0 Å². The number of aryl methyl sites for hydroxylation is 1. The van der Waals surface area contributed by atoms with Gasteiger partial charge in [0, 0.05) is 16.0 Å². The lowest BCUT2D eigenvalue weighted by Crippen LogP contribution is -2.46. The van der Waals surface area contributed by atoms with Crippen molar-refractivity contribution in [2.45, 2.75) is 31.3 Å². The third-order valence-corrected chi connectivity index (χ3v) is 4.27. The van der Waals surface area contributed by atoms with Crippen LogP contribution in [0.25, 0.3) is 10.9 Å². The number of benzene rings is 1. The number of aliphatic hydroxyl groups is 5. The van der Waals surface area contributed by atoms with Crippen molar-refractivity contribution in [3.8, 4) is 0 Å². The zero-order chi connectivity index (χ0) is 21.0. The Morgan fingerprint density at radius 2 is 2.00 bits per heavy atom. The Morgan fingerprint density at radius 3 is 2.61 bits per heavy atom. The van der Waals surface area contributed by atoms with E-state index in [1.807, 2.05) is 0 Å². The molecule has 0 bridgehead atoms. The number of nitrogens with one attached hydrogen (secondary N) is 1. The number of halogens is 1. The quantitative estimate of drug-likeness (QED) is 0.196. The molecule has 11 nitrogen and oxygen atoms in total. The van der Waals surface area contributed by atoms with Crippen molar-refractivity contribution < 1.29 is 30.5 Å². The maximum absolute atomic E-state index is 11.4. The molecule has 0 spiro atoms. The van der Waals surface area contributed by atoms with Crippen LogP contribution in [0.3, 0.4) is 0 Å². The van der Waals surface area contributed by atoms with Crippen molar-refractivity contribution in [1.29, 1.82) is 0 Å². The number of hydrogen-bond acceptors (Lipinski definition) is 10. The number of rotatable bonds is 8. The normalized spacial score (nSPS) is 16.1. The number of anilines is 1. The van der Waals surface area contributed by atoms with Gasteiger partial charge in [0.2, 0.25) is 5.82 Å². The Labute approximate surface area is 163 Å². The lowest BCUT2D eigenvalue weighted by atomic mass is 10.0. The van der Waals surface area contributed by atoms with Gasteiger partial charge in [0.05, 0.1) is 23.3 Å². The molecule has 0 aliphatic carbocycles. The zero-order valence-electron chi connectivity index (χ0n) is 14.6. The largest absolute Gasteiger partial charge is 0.394 e. The molecule has 0 unspecified atom stereocenters. The highest BCUT2D eigenvalue weighted by Gasteiger charge is 2.29. The first-order valence-electron chi connectivity index (χ1n) is 8.04. The Morgan fingerprint density at radius 1 is 1.32 bits per heavy atom. The molecule has 12 heteroatoms. The zero-order valence-corrected chi connectivity index (χ0v) is 15.4. The van der Waals surface area contributed by atoms with Crippen molar-refractivity contribution in [2.24, 2.45) is 5.10 Å². The summed E-state index contributed by atoms with van der Waals surface area (Å²) in [6, 6.07) is 4.71. The summed E-state index contributed by atoms with van der Waals surface area (Å²) in [6.45, 7) is 0.714. The molecule has 4 atom stereocenters. The van der Waals surface area contributed by atoms with Crippen molar-refractivity contribution in [3.63, 3.8) is 0 Å². The van der Waals surface area contributed by atoms with Crippen molar-refractivity contribution in [3.05, 3.63) is 38.9 Å². The van der Waals surface area contributed by atoms with E-state index >= 15 is 0 Å². The highest BCUT2D eigenvalue weighted by atomic mass is 35.5. The van der Waals surface area contributed by atoms with Gasteiger partial charge in [0.1, 0.15) is 24.4 Å². The SMILES string of the molecule is Cc1c([N+](=O)[O-])c(N/N=C/[C@H](O)[C@@H](O)[C@@H](O)[C@H](O)CO)nc2cc(Cl)ccc12. The number of aromatic nitrogens is 1. The van der Waals surface area contributed by atoms with Gasteiger partial charge in [0.15, 0.2) is 0 Å². The van der Waals surface area contributed by atoms with Gasteiger partial charge >= 0.3 is 5.69 Å². The average Bonchev–Trinajstić information content (AvgIpc) is 2.65. The van der Waals surface area contributed by atoms with E-state index in [4.69, 9.17) is 16.7 Å². The van der Waals surface area contributed by atoms with E-state index in [-0.39, 0.29) is 11.5 Å². The molecular weight excluding hydrogens is 396 g/mol. The molecule has 152 valence electrons. The first-order valence-corrected chi connectivity index (χ1v) is 8.41. The van der Waals surface area contributed by atoms with E-state index in [1.54, 1.807) is 12.1 Å². The maximum atomic E-state index is 11.4. The molecule has 0 fully saturated rings. The predicted molar refractivity (Wildman–Crippen MR) is 101 cm³/mol. The predicted octanol–water partition coefficient (Wildman–Crippen LogP) is -0.0616. The molecule has 1 aromatic carbocycles. The first kappa shape index (κ1) is 21.9. The molecule has 6 N–H and O–H groups in total. The van der Waals surface area contributed by atoms with Gasteiger partial charge < -0.3 is 25.5 Å². The Hall–Kier alpha value is -2.41. The number of nitrogens with zero attached hydrogens (tertiary/aromatic N) is 3. The van der Waals surface area contributed by atoms with Gasteiger partial charge in [0.25, 0.3) is 0 Å². The Kier molecular flexibility index (Phi) is 7.18. The molecule has 0 radical (unpaired) electrons. The van der Waals surface area contributed by atoms with Crippen LogP contribution in [-0.4, -0.2) is 72.7 Å². The van der Waals surface area contributed by atoms with E-state index in [2.05, 4.69) is 15.5 Å². The van der Waals surface area contributed by atoms with Crippen LogP contribution < -0.4 is 5.43 Å². The third-order valence-electron chi connectivity index (χ3n) is 4.04. The second-order valence-corrected chi connectivity index (χ2v) is 6.40. The van der Waals surface area contributed by atoms with Crippen LogP contribution in [0.1, 0.15) is 5.56 Å². The molecule has 0 aliphatic heterocycles. The van der Waals surface area contributed by atoms with Crippen LogP contribution in [0.5, 0.6) is 0 Å². The molecule has 1 heterocycles. The molecule has 0 amide bonds. The number of hydrazone groups is 1. The van der Waals surface area contributed by atoms with Crippen LogP contribution in [0.4, 0.5) is 11.5 Å². The number of fused-ring (bicyclic) bond motifs is 1. The Balaban J connectivity index is 2.29. The van der Waals surface area contributed by atoms with Crippen molar-refractivity contribution >= 4 is 40.2 Å².